The molecule has 2 aromatic heterocycles. The molecule has 0 aliphatic carbocycles. The summed E-state index contributed by atoms with van der Waals surface area (Å²) < 4.78 is 1.67. The number of nitrogens with one attached hydrogen (secondary N) is 1. The van der Waals surface area contributed by atoms with Crippen LogP contribution in [0.2, 0.25) is 0 Å². The Morgan fingerprint density at radius 2 is 1.92 bits per heavy atom. The molecule has 2 heterocycles. The van der Waals surface area contributed by atoms with Gasteiger partial charge in [-0.15, -0.1) is 5.10 Å². The number of rotatable bonds is 5. The van der Waals surface area contributed by atoms with Gasteiger partial charge in [-0.3, -0.25) is 15.1 Å². The molecule has 0 bridgehead atoms. The van der Waals surface area contributed by atoms with E-state index in [-0.39, 0.29) is 12.3 Å². The lowest BCUT2D eigenvalue weighted by Gasteiger charge is -2.06. The molecule has 0 unspecified atom stereocenters. The second-order valence-corrected chi connectivity index (χ2v) is 5.99. The van der Waals surface area contributed by atoms with Crippen LogP contribution in [0.25, 0.3) is 10.8 Å². The van der Waals surface area contributed by atoms with Crippen molar-refractivity contribution in [3.63, 3.8) is 0 Å². The van der Waals surface area contributed by atoms with E-state index < -0.39 is 0 Å². The summed E-state index contributed by atoms with van der Waals surface area (Å²) in [4.78, 5) is 20.6. The fourth-order valence-corrected chi connectivity index (χ4v) is 2.90. The summed E-state index contributed by atoms with van der Waals surface area (Å²) in [5.41, 5.74) is 2.00. The molecule has 0 saturated carbocycles. The van der Waals surface area contributed by atoms with E-state index >= 15 is 0 Å². The zero-order chi connectivity index (χ0) is 17.8. The Bertz CT molecular complexity index is 1040. The number of carbonyl (C=O) groups excluding carboxylic acids is 1. The highest BCUT2D eigenvalue weighted by molar-refractivity contribution is 5.95. The molecule has 128 valence electrons. The molecule has 0 fully saturated rings. The summed E-state index contributed by atoms with van der Waals surface area (Å²) in [5, 5.41) is 9.26. The molecule has 0 spiro atoms. The first-order valence-electron chi connectivity index (χ1n) is 8.33. The van der Waals surface area contributed by atoms with Crippen LogP contribution in [0, 0.1) is 0 Å². The first-order valence-corrected chi connectivity index (χ1v) is 8.33. The van der Waals surface area contributed by atoms with Crippen LogP contribution in [0.3, 0.4) is 0 Å². The minimum atomic E-state index is -0.138. The number of amides is 1. The van der Waals surface area contributed by atoms with E-state index in [0.29, 0.717) is 12.5 Å². The number of anilines is 1. The molecule has 0 radical (unpaired) electrons. The summed E-state index contributed by atoms with van der Waals surface area (Å²) in [7, 11) is 0. The molecule has 0 aliphatic heterocycles. The Kier molecular flexibility index (Phi) is 4.38. The Morgan fingerprint density at radius 1 is 1.04 bits per heavy atom. The molecule has 0 atom stereocenters. The SMILES string of the molecule is O=C(Cc1cccc2ccccc12)Nc1ncn(Cc2cccnc2)n1. The predicted octanol–water partition coefficient (Wildman–Crippen LogP) is 3.06. The second-order valence-electron chi connectivity index (χ2n) is 5.99. The zero-order valence-corrected chi connectivity index (χ0v) is 14.0. The first-order chi connectivity index (χ1) is 12.8. The number of hydrogen-bond acceptors (Lipinski definition) is 4. The molecule has 2 aromatic carbocycles. The van der Waals surface area contributed by atoms with Crippen LogP contribution in [-0.4, -0.2) is 25.7 Å². The maximum absolute atomic E-state index is 12.4. The van der Waals surface area contributed by atoms with Crippen molar-refractivity contribution < 1.29 is 4.79 Å². The molecule has 26 heavy (non-hydrogen) atoms. The average Bonchev–Trinajstić information content (AvgIpc) is 3.09. The van der Waals surface area contributed by atoms with Crippen LogP contribution in [0.4, 0.5) is 5.95 Å². The number of aromatic nitrogens is 4. The number of nitrogens with zero attached hydrogens (tertiary/aromatic N) is 4. The molecular weight excluding hydrogens is 326 g/mol. The van der Waals surface area contributed by atoms with Gasteiger partial charge in [-0.2, -0.15) is 0 Å². The van der Waals surface area contributed by atoms with Crippen molar-refractivity contribution in [2.75, 3.05) is 5.32 Å². The predicted molar refractivity (Wildman–Crippen MR) is 99.6 cm³/mol. The number of benzene rings is 2. The molecule has 1 N–H and O–H groups in total. The minimum absolute atomic E-state index is 0.138. The van der Waals surface area contributed by atoms with Gasteiger partial charge in [0.25, 0.3) is 0 Å². The van der Waals surface area contributed by atoms with E-state index in [9.17, 15) is 4.79 Å². The van der Waals surface area contributed by atoms with Gasteiger partial charge >= 0.3 is 0 Å². The highest BCUT2D eigenvalue weighted by atomic mass is 16.1. The average molecular weight is 343 g/mol. The lowest BCUT2D eigenvalue weighted by atomic mass is 10.0. The quantitative estimate of drug-likeness (QED) is 0.604. The van der Waals surface area contributed by atoms with Gasteiger partial charge in [-0.1, -0.05) is 48.5 Å². The minimum Gasteiger partial charge on any atom is -0.293 e. The summed E-state index contributed by atoms with van der Waals surface area (Å²) in [6.45, 7) is 0.556. The molecule has 0 aliphatic rings. The van der Waals surface area contributed by atoms with Gasteiger partial charge in [0.2, 0.25) is 11.9 Å². The number of fused-ring (bicyclic) bond motifs is 1. The third-order valence-electron chi connectivity index (χ3n) is 4.09. The van der Waals surface area contributed by atoms with Crippen molar-refractivity contribution in [1.82, 2.24) is 19.7 Å². The van der Waals surface area contributed by atoms with Crippen LogP contribution in [0.5, 0.6) is 0 Å². The monoisotopic (exact) mass is 343 g/mol. The van der Waals surface area contributed by atoms with Gasteiger partial charge in [-0.25, -0.2) is 9.67 Å². The van der Waals surface area contributed by atoms with Gasteiger partial charge < -0.3 is 0 Å². The molecule has 4 aromatic rings. The zero-order valence-electron chi connectivity index (χ0n) is 14.0. The van der Waals surface area contributed by atoms with E-state index in [1.807, 2.05) is 54.6 Å². The fourth-order valence-electron chi connectivity index (χ4n) is 2.90. The highest BCUT2D eigenvalue weighted by Gasteiger charge is 2.10. The molecular formula is C20H17N5O. The third kappa shape index (κ3) is 3.59. The topological polar surface area (TPSA) is 72.7 Å². The second kappa shape index (κ2) is 7.14. The van der Waals surface area contributed by atoms with Crippen molar-refractivity contribution >= 4 is 22.6 Å². The van der Waals surface area contributed by atoms with E-state index in [4.69, 9.17) is 0 Å². The first kappa shape index (κ1) is 16.0. The molecule has 6 heteroatoms. The Balaban J connectivity index is 1.44. The van der Waals surface area contributed by atoms with Gasteiger partial charge in [-0.05, 0) is 28.0 Å². The third-order valence-corrected chi connectivity index (χ3v) is 4.09. The van der Waals surface area contributed by atoms with Gasteiger partial charge in [0.05, 0.1) is 13.0 Å². The normalized spacial score (nSPS) is 10.8. The highest BCUT2D eigenvalue weighted by Crippen LogP contribution is 2.19. The summed E-state index contributed by atoms with van der Waals surface area (Å²) >= 11 is 0. The number of hydrogen-bond donors (Lipinski definition) is 1. The summed E-state index contributed by atoms with van der Waals surface area (Å²) in [6.07, 6.45) is 5.38. The van der Waals surface area contributed by atoms with Crippen LogP contribution in [0.1, 0.15) is 11.1 Å². The molecule has 0 saturated heterocycles. The number of carbonyl (C=O) groups is 1. The Morgan fingerprint density at radius 3 is 2.81 bits per heavy atom. The van der Waals surface area contributed by atoms with Gasteiger partial charge in [0.1, 0.15) is 6.33 Å². The van der Waals surface area contributed by atoms with Crippen LogP contribution in [-0.2, 0) is 17.8 Å². The Hall–Kier alpha value is -3.54. The van der Waals surface area contributed by atoms with Crippen LogP contribution in [0.15, 0.2) is 73.3 Å². The molecule has 1 amide bonds. The van der Waals surface area contributed by atoms with E-state index in [1.54, 1.807) is 23.4 Å². The summed E-state index contributed by atoms with van der Waals surface area (Å²) in [5.74, 6) is 0.166. The molecule has 4 rings (SSSR count). The largest absolute Gasteiger partial charge is 0.293 e. The maximum atomic E-state index is 12.4. The standard InChI is InChI=1S/C20H17N5O/c26-19(11-17-8-3-7-16-6-1-2-9-18(16)17)23-20-22-14-25(24-20)13-15-5-4-10-21-12-15/h1-10,12,14H,11,13H2,(H,23,24,26). The van der Waals surface area contributed by atoms with E-state index in [1.165, 1.54) is 0 Å². The van der Waals surface area contributed by atoms with Gasteiger partial charge in [0.15, 0.2) is 0 Å². The molecule has 6 nitrogen and oxygen atoms in total. The summed E-state index contributed by atoms with van der Waals surface area (Å²) in [6, 6.07) is 17.8. The lowest BCUT2D eigenvalue weighted by molar-refractivity contribution is -0.115. The Labute approximate surface area is 150 Å². The lowest BCUT2D eigenvalue weighted by Crippen LogP contribution is -2.16. The van der Waals surface area contributed by atoms with E-state index in [2.05, 4.69) is 20.4 Å². The van der Waals surface area contributed by atoms with Gasteiger partial charge in [0, 0.05) is 12.4 Å². The van der Waals surface area contributed by atoms with Crippen LogP contribution >= 0.6 is 0 Å². The van der Waals surface area contributed by atoms with E-state index in [0.717, 1.165) is 21.9 Å². The van der Waals surface area contributed by atoms with Crippen molar-refractivity contribution in [3.8, 4) is 0 Å². The maximum Gasteiger partial charge on any atom is 0.248 e. The van der Waals surface area contributed by atoms with Crippen molar-refractivity contribution in [2.45, 2.75) is 13.0 Å². The fraction of sp³-hybridized carbons (Fsp3) is 0.100. The van der Waals surface area contributed by atoms with Crippen LogP contribution < -0.4 is 5.32 Å². The smallest absolute Gasteiger partial charge is 0.248 e. The van der Waals surface area contributed by atoms with Crippen molar-refractivity contribution in [2.24, 2.45) is 0 Å². The van der Waals surface area contributed by atoms with Crippen molar-refractivity contribution in [3.05, 3.63) is 84.4 Å². The number of pyridine rings is 1. The van der Waals surface area contributed by atoms with Crippen molar-refractivity contribution in [1.29, 1.82) is 0 Å².